The van der Waals surface area contributed by atoms with Gasteiger partial charge >= 0.3 is 0 Å². The average molecular weight is 363 g/mol. The van der Waals surface area contributed by atoms with Gasteiger partial charge in [0.25, 0.3) is 0 Å². The predicted molar refractivity (Wildman–Crippen MR) is 105 cm³/mol. The highest BCUT2D eigenvalue weighted by Gasteiger charge is 2.27. The molecule has 1 aliphatic heterocycles. The second-order valence-corrected chi connectivity index (χ2v) is 9.98. The number of aromatic nitrogens is 1. The quantitative estimate of drug-likeness (QED) is 0.819. The second kappa shape index (κ2) is 7.50. The second-order valence-electron chi connectivity index (χ2n) is 7.51. The number of aromatic amines is 1. The van der Waals surface area contributed by atoms with Crippen LogP contribution in [0.2, 0.25) is 0 Å². The van der Waals surface area contributed by atoms with Crippen molar-refractivity contribution >= 4 is 20.7 Å². The van der Waals surface area contributed by atoms with E-state index >= 15 is 0 Å². The first-order chi connectivity index (χ1) is 11.9. The number of hydrogen-bond donors (Lipinski definition) is 1. The molecule has 5 heteroatoms. The monoisotopic (exact) mass is 362 g/mol. The van der Waals surface area contributed by atoms with E-state index in [1.807, 2.05) is 6.07 Å². The normalized spacial score (nSPS) is 19.3. The van der Waals surface area contributed by atoms with E-state index in [4.69, 9.17) is 0 Å². The Bertz CT molecular complexity index is 823. The van der Waals surface area contributed by atoms with Gasteiger partial charge < -0.3 is 4.98 Å². The van der Waals surface area contributed by atoms with Crippen LogP contribution in [0.15, 0.2) is 24.4 Å². The summed E-state index contributed by atoms with van der Waals surface area (Å²) < 4.78 is 23.5. The number of sulfone groups is 1. The minimum Gasteiger partial charge on any atom is -0.361 e. The summed E-state index contributed by atoms with van der Waals surface area (Å²) in [6.45, 7) is 7.47. The Morgan fingerprint density at radius 3 is 2.84 bits per heavy atom. The number of benzene rings is 1. The lowest BCUT2D eigenvalue weighted by Crippen LogP contribution is -2.36. The smallest absolute Gasteiger partial charge is 0.150 e. The Hall–Kier alpha value is -1.33. The molecule has 0 bridgehead atoms. The molecule has 0 spiro atoms. The van der Waals surface area contributed by atoms with E-state index in [2.05, 4.69) is 42.1 Å². The maximum absolute atomic E-state index is 11.8. The van der Waals surface area contributed by atoms with Gasteiger partial charge in [-0.25, -0.2) is 8.42 Å². The number of hydrogen-bond acceptors (Lipinski definition) is 3. The summed E-state index contributed by atoms with van der Waals surface area (Å²) in [7, 11) is -2.92. The molecule has 2 heterocycles. The fourth-order valence-corrected chi connectivity index (χ4v) is 4.81. The van der Waals surface area contributed by atoms with Gasteiger partial charge in [0.15, 0.2) is 0 Å². The molecular formula is C20H30N2O2S. The molecule has 1 fully saturated rings. The van der Waals surface area contributed by atoms with Crippen molar-refractivity contribution in [1.29, 1.82) is 0 Å². The van der Waals surface area contributed by atoms with Crippen molar-refractivity contribution < 1.29 is 8.42 Å². The maximum atomic E-state index is 11.8. The fraction of sp³-hybridized carbons (Fsp3) is 0.600. The summed E-state index contributed by atoms with van der Waals surface area (Å²) in [6, 6.07) is 7.52. The van der Waals surface area contributed by atoms with Gasteiger partial charge in [-0.3, -0.25) is 4.90 Å². The summed E-state index contributed by atoms with van der Waals surface area (Å²) in [5, 5.41) is 1.25. The SMILES string of the molecule is CCS(=O)(=O)CCc1ccc2[nH]cc(C[C@H]3CCCN3C(C)C)c2c1. The van der Waals surface area contributed by atoms with E-state index in [1.54, 1.807) is 6.92 Å². The molecule has 1 aromatic carbocycles. The molecule has 3 rings (SSSR count). The van der Waals surface area contributed by atoms with Gasteiger partial charge in [-0.15, -0.1) is 0 Å². The summed E-state index contributed by atoms with van der Waals surface area (Å²) in [6.07, 6.45) is 6.34. The Kier molecular flexibility index (Phi) is 5.54. The number of likely N-dealkylation sites (tertiary alicyclic amines) is 1. The fourth-order valence-electron chi connectivity index (χ4n) is 3.98. The summed E-state index contributed by atoms with van der Waals surface area (Å²) >= 11 is 0. The first-order valence-electron chi connectivity index (χ1n) is 9.44. The third-order valence-corrected chi connectivity index (χ3v) is 7.22. The first kappa shape index (κ1) is 18.5. The van der Waals surface area contributed by atoms with Gasteiger partial charge in [0.2, 0.25) is 0 Å². The molecule has 1 saturated heterocycles. The van der Waals surface area contributed by atoms with Crippen LogP contribution in [0.5, 0.6) is 0 Å². The molecule has 0 aliphatic carbocycles. The number of fused-ring (bicyclic) bond motifs is 1. The lowest BCUT2D eigenvalue weighted by Gasteiger charge is -2.28. The molecule has 1 atom stereocenters. The van der Waals surface area contributed by atoms with Crippen molar-refractivity contribution in [2.45, 2.75) is 58.5 Å². The highest BCUT2D eigenvalue weighted by molar-refractivity contribution is 7.91. The van der Waals surface area contributed by atoms with E-state index in [1.165, 1.54) is 30.3 Å². The number of nitrogens with one attached hydrogen (secondary N) is 1. The zero-order valence-electron chi connectivity index (χ0n) is 15.6. The molecular weight excluding hydrogens is 332 g/mol. The molecule has 1 N–H and O–H groups in total. The van der Waals surface area contributed by atoms with Crippen molar-refractivity contribution in [3.05, 3.63) is 35.5 Å². The van der Waals surface area contributed by atoms with Crippen molar-refractivity contribution in [2.24, 2.45) is 0 Å². The standard InChI is InChI=1S/C20H30N2O2S/c1-4-25(23,24)11-9-16-7-8-20-19(12-16)17(14-21-20)13-18-6-5-10-22(18)15(2)3/h7-8,12,14-15,18,21H,4-6,9-11,13H2,1-3H3/t18-/m1/s1. The molecule has 2 aromatic rings. The first-order valence-corrected chi connectivity index (χ1v) is 11.3. The van der Waals surface area contributed by atoms with E-state index in [9.17, 15) is 8.42 Å². The molecule has 25 heavy (non-hydrogen) atoms. The number of rotatable bonds is 7. The van der Waals surface area contributed by atoms with Crippen LogP contribution in [-0.2, 0) is 22.7 Å². The lowest BCUT2D eigenvalue weighted by molar-refractivity contribution is 0.203. The highest BCUT2D eigenvalue weighted by atomic mass is 32.2. The molecule has 0 radical (unpaired) electrons. The molecule has 1 aromatic heterocycles. The van der Waals surface area contributed by atoms with E-state index < -0.39 is 9.84 Å². The van der Waals surface area contributed by atoms with Crippen molar-refractivity contribution in [2.75, 3.05) is 18.1 Å². The van der Waals surface area contributed by atoms with Crippen molar-refractivity contribution in [3.8, 4) is 0 Å². The maximum Gasteiger partial charge on any atom is 0.150 e. The summed E-state index contributed by atoms with van der Waals surface area (Å²) in [5.41, 5.74) is 3.61. The van der Waals surface area contributed by atoms with Crippen molar-refractivity contribution in [3.63, 3.8) is 0 Å². The van der Waals surface area contributed by atoms with Crippen molar-refractivity contribution in [1.82, 2.24) is 9.88 Å². The predicted octanol–water partition coefficient (Wildman–Crippen LogP) is 3.56. The Labute approximate surface area is 151 Å². The van der Waals surface area contributed by atoms with Crippen LogP contribution in [0.25, 0.3) is 10.9 Å². The van der Waals surface area contributed by atoms with Crippen LogP contribution in [0.1, 0.15) is 44.7 Å². The van der Waals surface area contributed by atoms with E-state index in [0.717, 1.165) is 17.5 Å². The van der Waals surface area contributed by atoms with Gasteiger partial charge in [-0.1, -0.05) is 13.0 Å². The zero-order valence-corrected chi connectivity index (χ0v) is 16.4. The minimum atomic E-state index is -2.92. The van der Waals surface area contributed by atoms with Crippen LogP contribution >= 0.6 is 0 Å². The third kappa shape index (κ3) is 4.26. The van der Waals surface area contributed by atoms with Gasteiger partial charge in [-0.05, 0) is 69.3 Å². The zero-order chi connectivity index (χ0) is 18.0. The lowest BCUT2D eigenvalue weighted by atomic mass is 10.0. The molecule has 138 valence electrons. The van der Waals surface area contributed by atoms with Gasteiger partial charge in [0.1, 0.15) is 9.84 Å². The van der Waals surface area contributed by atoms with Crippen LogP contribution < -0.4 is 0 Å². The Morgan fingerprint density at radius 1 is 1.32 bits per heavy atom. The molecule has 1 aliphatic rings. The summed E-state index contributed by atoms with van der Waals surface area (Å²) in [4.78, 5) is 5.99. The number of aryl methyl sites for hydroxylation is 1. The van der Waals surface area contributed by atoms with Crippen LogP contribution in [-0.4, -0.2) is 48.4 Å². The molecule has 4 nitrogen and oxygen atoms in total. The van der Waals surface area contributed by atoms with Crippen LogP contribution in [0, 0.1) is 0 Å². The highest BCUT2D eigenvalue weighted by Crippen LogP contribution is 2.27. The molecule has 0 unspecified atom stereocenters. The van der Waals surface area contributed by atoms with Gasteiger partial charge in [-0.2, -0.15) is 0 Å². The topological polar surface area (TPSA) is 53.2 Å². The van der Waals surface area contributed by atoms with Crippen LogP contribution in [0.3, 0.4) is 0 Å². The largest absolute Gasteiger partial charge is 0.361 e. The van der Waals surface area contributed by atoms with Crippen LogP contribution in [0.4, 0.5) is 0 Å². The van der Waals surface area contributed by atoms with E-state index in [0.29, 0.717) is 18.5 Å². The minimum absolute atomic E-state index is 0.220. The summed E-state index contributed by atoms with van der Waals surface area (Å²) in [5.74, 6) is 0.454. The number of nitrogens with zero attached hydrogens (tertiary/aromatic N) is 1. The van der Waals surface area contributed by atoms with E-state index in [-0.39, 0.29) is 11.5 Å². The van der Waals surface area contributed by atoms with Gasteiger partial charge in [0.05, 0.1) is 5.75 Å². The Morgan fingerprint density at radius 2 is 2.12 bits per heavy atom. The average Bonchev–Trinajstić information content (AvgIpc) is 3.21. The van der Waals surface area contributed by atoms with Gasteiger partial charge in [0, 0.05) is 34.9 Å². The molecule has 0 amide bonds. The Balaban J connectivity index is 1.79. The molecule has 0 saturated carbocycles. The third-order valence-electron chi connectivity index (χ3n) is 5.51. The number of H-pyrrole nitrogens is 1.